The summed E-state index contributed by atoms with van der Waals surface area (Å²) in [5.41, 5.74) is 1.88. The fourth-order valence-corrected chi connectivity index (χ4v) is 4.01. The minimum Gasteiger partial charge on any atom is -0.497 e. The van der Waals surface area contributed by atoms with E-state index < -0.39 is 0 Å². The Balaban J connectivity index is 1.24. The van der Waals surface area contributed by atoms with Crippen LogP contribution in [0.3, 0.4) is 0 Å². The first-order valence-corrected chi connectivity index (χ1v) is 10.5. The molecule has 1 aromatic carbocycles. The number of likely N-dealkylation sites (tertiary alicyclic amines) is 1. The second kappa shape index (κ2) is 9.41. The van der Waals surface area contributed by atoms with Crippen molar-refractivity contribution in [2.75, 3.05) is 52.9 Å². The molecule has 0 bridgehead atoms. The zero-order valence-corrected chi connectivity index (χ0v) is 17.2. The van der Waals surface area contributed by atoms with Gasteiger partial charge < -0.3 is 14.1 Å². The summed E-state index contributed by atoms with van der Waals surface area (Å²) in [6.45, 7) is 6.91. The SMILES string of the molecule is COc1ccc(-c2nc(CN3CCN(CC(=O)N4CCCCC4)CC3)co2)cc1. The molecule has 0 saturated carbocycles. The molecule has 0 unspecified atom stereocenters. The lowest BCUT2D eigenvalue weighted by Crippen LogP contribution is -2.50. The average molecular weight is 399 g/mol. The number of hydrogen-bond donors (Lipinski definition) is 0. The first kappa shape index (κ1) is 19.9. The van der Waals surface area contributed by atoms with Crippen LogP contribution in [0.25, 0.3) is 11.5 Å². The molecule has 0 radical (unpaired) electrons. The van der Waals surface area contributed by atoms with Crippen molar-refractivity contribution in [3.05, 3.63) is 36.2 Å². The van der Waals surface area contributed by atoms with Crippen molar-refractivity contribution in [3.8, 4) is 17.2 Å². The number of nitrogens with zero attached hydrogens (tertiary/aromatic N) is 4. The van der Waals surface area contributed by atoms with E-state index in [1.807, 2.05) is 29.2 Å². The third kappa shape index (κ3) is 5.16. The molecular weight excluding hydrogens is 368 g/mol. The molecule has 1 amide bonds. The summed E-state index contributed by atoms with van der Waals surface area (Å²) >= 11 is 0. The molecule has 0 atom stereocenters. The predicted molar refractivity (Wildman–Crippen MR) is 111 cm³/mol. The predicted octanol–water partition coefficient (Wildman–Crippen LogP) is 2.48. The molecule has 0 aliphatic carbocycles. The highest BCUT2D eigenvalue weighted by Crippen LogP contribution is 2.22. The van der Waals surface area contributed by atoms with E-state index in [1.165, 1.54) is 6.42 Å². The maximum Gasteiger partial charge on any atom is 0.236 e. The lowest BCUT2D eigenvalue weighted by atomic mass is 10.1. The van der Waals surface area contributed by atoms with E-state index in [0.717, 1.165) is 75.7 Å². The van der Waals surface area contributed by atoms with E-state index in [-0.39, 0.29) is 0 Å². The Morgan fingerprint density at radius 2 is 1.69 bits per heavy atom. The number of piperazine rings is 1. The molecule has 0 spiro atoms. The van der Waals surface area contributed by atoms with Gasteiger partial charge in [0.05, 0.1) is 19.3 Å². The number of amides is 1. The number of benzene rings is 1. The number of rotatable bonds is 6. The maximum atomic E-state index is 12.5. The Morgan fingerprint density at radius 3 is 2.38 bits per heavy atom. The van der Waals surface area contributed by atoms with Crippen molar-refractivity contribution in [1.82, 2.24) is 19.7 Å². The summed E-state index contributed by atoms with van der Waals surface area (Å²) in [4.78, 5) is 23.8. The molecule has 3 heterocycles. The Hall–Kier alpha value is -2.38. The minimum atomic E-state index is 0.291. The van der Waals surface area contributed by atoms with Crippen LogP contribution in [0.1, 0.15) is 25.0 Å². The standard InChI is InChI=1S/C22H30N4O3/c1-28-20-7-5-18(6-8-20)22-23-19(17-29-22)15-24-11-13-25(14-12-24)16-21(27)26-9-3-2-4-10-26/h5-8,17H,2-4,9-16H2,1H3. The summed E-state index contributed by atoms with van der Waals surface area (Å²) < 4.78 is 10.9. The normalized spacial score (nSPS) is 18.7. The van der Waals surface area contributed by atoms with Gasteiger partial charge in [0, 0.05) is 51.4 Å². The Morgan fingerprint density at radius 1 is 1.00 bits per heavy atom. The average Bonchev–Trinajstić information content (AvgIpc) is 3.24. The van der Waals surface area contributed by atoms with Gasteiger partial charge in [0.1, 0.15) is 12.0 Å². The highest BCUT2D eigenvalue weighted by molar-refractivity contribution is 5.78. The molecule has 7 heteroatoms. The highest BCUT2D eigenvalue weighted by Gasteiger charge is 2.23. The van der Waals surface area contributed by atoms with Gasteiger partial charge in [-0.1, -0.05) is 0 Å². The minimum absolute atomic E-state index is 0.291. The summed E-state index contributed by atoms with van der Waals surface area (Å²) in [5.74, 6) is 1.74. The summed E-state index contributed by atoms with van der Waals surface area (Å²) in [6.07, 6.45) is 5.29. The van der Waals surface area contributed by atoms with Gasteiger partial charge in [-0.15, -0.1) is 0 Å². The second-order valence-electron chi connectivity index (χ2n) is 7.87. The molecule has 2 aromatic rings. The number of oxazole rings is 1. The summed E-state index contributed by atoms with van der Waals surface area (Å²) in [7, 11) is 1.65. The fraction of sp³-hybridized carbons (Fsp3) is 0.545. The maximum absolute atomic E-state index is 12.5. The van der Waals surface area contributed by atoms with Gasteiger partial charge in [-0.2, -0.15) is 0 Å². The molecule has 4 rings (SSSR count). The van der Waals surface area contributed by atoms with Gasteiger partial charge in [0.25, 0.3) is 0 Å². The van der Waals surface area contributed by atoms with Crippen molar-refractivity contribution < 1.29 is 13.9 Å². The van der Waals surface area contributed by atoms with Gasteiger partial charge in [0.15, 0.2) is 0 Å². The smallest absolute Gasteiger partial charge is 0.236 e. The van der Waals surface area contributed by atoms with Gasteiger partial charge in [-0.25, -0.2) is 4.98 Å². The van der Waals surface area contributed by atoms with E-state index in [0.29, 0.717) is 18.3 Å². The molecule has 0 N–H and O–H groups in total. The molecule has 2 aliphatic rings. The number of hydrogen-bond acceptors (Lipinski definition) is 6. The van der Waals surface area contributed by atoms with Crippen molar-refractivity contribution in [3.63, 3.8) is 0 Å². The Kier molecular flexibility index (Phi) is 6.46. The molecule has 29 heavy (non-hydrogen) atoms. The van der Waals surface area contributed by atoms with Crippen molar-refractivity contribution in [1.29, 1.82) is 0 Å². The quantitative estimate of drug-likeness (QED) is 0.745. The van der Waals surface area contributed by atoms with Crippen molar-refractivity contribution >= 4 is 5.91 Å². The number of piperidine rings is 1. The number of carbonyl (C=O) groups excluding carboxylic acids is 1. The van der Waals surface area contributed by atoms with Crippen LogP contribution >= 0.6 is 0 Å². The van der Waals surface area contributed by atoms with Crippen LogP contribution < -0.4 is 4.74 Å². The highest BCUT2D eigenvalue weighted by atomic mass is 16.5. The van der Waals surface area contributed by atoms with Gasteiger partial charge >= 0.3 is 0 Å². The first-order valence-electron chi connectivity index (χ1n) is 10.5. The molecular formula is C22H30N4O3. The van der Waals surface area contributed by atoms with Crippen LogP contribution in [0.4, 0.5) is 0 Å². The van der Waals surface area contributed by atoms with Crippen LogP contribution in [0.15, 0.2) is 34.9 Å². The van der Waals surface area contributed by atoms with Crippen molar-refractivity contribution in [2.24, 2.45) is 0 Å². The summed E-state index contributed by atoms with van der Waals surface area (Å²) in [6, 6.07) is 7.71. The fourth-order valence-electron chi connectivity index (χ4n) is 4.01. The number of ether oxygens (including phenoxy) is 1. The topological polar surface area (TPSA) is 62.1 Å². The lowest BCUT2D eigenvalue weighted by Gasteiger charge is -2.35. The Bertz CT molecular complexity index is 791. The molecule has 1 aromatic heterocycles. The molecule has 2 saturated heterocycles. The van der Waals surface area contributed by atoms with E-state index in [4.69, 9.17) is 9.15 Å². The van der Waals surface area contributed by atoms with Gasteiger partial charge in [-0.05, 0) is 43.5 Å². The number of aromatic nitrogens is 1. The molecule has 156 valence electrons. The molecule has 7 nitrogen and oxygen atoms in total. The van der Waals surface area contributed by atoms with Crippen LogP contribution in [-0.2, 0) is 11.3 Å². The Labute approximate surface area is 172 Å². The summed E-state index contributed by atoms with van der Waals surface area (Å²) in [5, 5.41) is 0. The van der Waals surface area contributed by atoms with Crippen LogP contribution in [-0.4, -0.2) is 78.5 Å². The van der Waals surface area contributed by atoms with Crippen LogP contribution in [0.2, 0.25) is 0 Å². The number of carbonyl (C=O) groups is 1. The molecule has 2 aliphatic heterocycles. The second-order valence-corrected chi connectivity index (χ2v) is 7.87. The largest absolute Gasteiger partial charge is 0.497 e. The number of methoxy groups -OCH3 is 1. The van der Waals surface area contributed by atoms with Gasteiger partial charge in [0.2, 0.25) is 11.8 Å². The van der Waals surface area contributed by atoms with Gasteiger partial charge in [-0.3, -0.25) is 14.6 Å². The van der Waals surface area contributed by atoms with E-state index >= 15 is 0 Å². The van der Waals surface area contributed by atoms with E-state index in [1.54, 1.807) is 13.4 Å². The van der Waals surface area contributed by atoms with E-state index in [9.17, 15) is 4.79 Å². The third-order valence-corrected chi connectivity index (χ3v) is 5.81. The van der Waals surface area contributed by atoms with E-state index in [2.05, 4.69) is 14.8 Å². The monoisotopic (exact) mass is 398 g/mol. The van der Waals surface area contributed by atoms with Crippen LogP contribution in [0.5, 0.6) is 5.75 Å². The zero-order chi connectivity index (χ0) is 20.1. The van der Waals surface area contributed by atoms with Crippen molar-refractivity contribution in [2.45, 2.75) is 25.8 Å². The first-order chi connectivity index (χ1) is 14.2. The molecule has 2 fully saturated rings. The third-order valence-electron chi connectivity index (χ3n) is 5.81. The zero-order valence-electron chi connectivity index (χ0n) is 17.2. The van der Waals surface area contributed by atoms with Crippen LogP contribution in [0, 0.1) is 0 Å². The lowest BCUT2D eigenvalue weighted by molar-refractivity contribution is -0.133.